The van der Waals surface area contributed by atoms with Gasteiger partial charge < -0.3 is 15.0 Å². The van der Waals surface area contributed by atoms with Crippen molar-refractivity contribution in [2.75, 3.05) is 32.6 Å². The quantitative estimate of drug-likeness (QED) is 0.640. The van der Waals surface area contributed by atoms with Gasteiger partial charge >= 0.3 is 5.97 Å². The molecule has 8 heteroatoms. The van der Waals surface area contributed by atoms with Crippen LogP contribution in [0.1, 0.15) is 28.0 Å². The molecule has 23 heavy (non-hydrogen) atoms. The zero-order chi connectivity index (χ0) is 17.0. The predicted octanol–water partition coefficient (Wildman–Crippen LogP) is 2.17. The minimum atomic E-state index is -0.353. The number of hydrogen-bond donors (Lipinski definition) is 1. The Morgan fingerprint density at radius 2 is 2.17 bits per heavy atom. The molecule has 1 N–H and O–H groups in total. The van der Waals surface area contributed by atoms with Crippen molar-refractivity contribution in [3.8, 4) is 6.07 Å². The minimum absolute atomic E-state index is 0.136. The van der Waals surface area contributed by atoms with E-state index in [4.69, 9.17) is 10.00 Å². The van der Waals surface area contributed by atoms with Crippen molar-refractivity contribution in [2.24, 2.45) is 0 Å². The molecule has 0 saturated heterocycles. The third kappa shape index (κ3) is 3.75. The van der Waals surface area contributed by atoms with Gasteiger partial charge in [-0.2, -0.15) is 5.26 Å². The van der Waals surface area contributed by atoms with Crippen LogP contribution in [0, 0.1) is 18.3 Å². The Labute approximate surface area is 138 Å². The second-order valence-corrected chi connectivity index (χ2v) is 6.19. The number of carbonyl (C=O) groups excluding carboxylic acids is 1. The van der Waals surface area contributed by atoms with Gasteiger partial charge in [0, 0.05) is 0 Å². The molecule has 0 aliphatic carbocycles. The molecule has 0 spiro atoms. The summed E-state index contributed by atoms with van der Waals surface area (Å²) in [7, 11) is 3.86. The van der Waals surface area contributed by atoms with Crippen molar-refractivity contribution in [3.05, 3.63) is 16.3 Å². The maximum atomic E-state index is 12.1. The number of fused-ring (bicyclic) bond motifs is 1. The molecular weight excluding hydrogens is 314 g/mol. The van der Waals surface area contributed by atoms with Crippen LogP contribution in [0.5, 0.6) is 0 Å². The van der Waals surface area contributed by atoms with E-state index in [2.05, 4.69) is 15.3 Å². The molecule has 0 aliphatic rings. The predicted molar refractivity (Wildman–Crippen MR) is 89.6 cm³/mol. The number of esters is 1. The number of aryl methyl sites for hydroxylation is 1. The number of aromatic nitrogens is 2. The van der Waals surface area contributed by atoms with Crippen molar-refractivity contribution in [3.63, 3.8) is 0 Å². The van der Waals surface area contributed by atoms with Gasteiger partial charge in [-0.3, -0.25) is 0 Å². The summed E-state index contributed by atoms with van der Waals surface area (Å²) < 4.78 is 5.10. The summed E-state index contributed by atoms with van der Waals surface area (Å²) in [5.41, 5.74) is 0.778. The van der Waals surface area contributed by atoms with Crippen LogP contribution in [-0.2, 0) is 11.3 Å². The van der Waals surface area contributed by atoms with Gasteiger partial charge in [0.25, 0.3) is 0 Å². The van der Waals surface area contributed by atoms with Crippen LogP contribution in [0.25, 0.3) is 10.2 Å². The normalized spacial score (nSPS) is 10.8. The van der Waals surface area contributed by atoms with Crippen LogP contribution >= 0.6 is 11.3 Å². The van der Waals surface area contributed by atoms with E-state index in [9.17, 15) is 4.79 Å². The lowest BCUT2D eigenvalue weighted by atomic mass is 10.2. The summed E-state index contributed by atoms with van der Waals surface area (Å²) in [5.74, 6) is 0.866. The van der Waals surface area contributed by atoms with Crippen molar-refractivity contribution >= 4 is 33.3 Å². The molecule has 0 unspecified atom stereocenters. The molecule has 0 saturated carbocycles. The van der Waals surface area contributed by atoms with Crippen LogP contribution < -0.4 is 5.32 Å². The highest BCUT2D eigenvalue weighted by molar-refractivity contribution is 7.20. The highest BCUT2D eigenvalue weighted by atomic mass is 32.1. The van der Waals surface area contributed by atoms with E-state index in [1.807, 2.05) is 32.0 Å². The van der Waals surface area contributed by atoms with Gasteiger partial charge in [0.2, 0.25) is 0 Å². The van der Waals surface area contributed by atoms with Gasteiger partial charge in [0.15, 0.2) is 0 Å². The lowest BCUT2D eigenvalue weighted by Crippen LogP contribution is -2.14. The van der Waals surface area contributed by atoms with Crippen LogP contribution in [0.4, 0.5) is 5.82 Å². The van der Waals surface area contributed by atoms with Crippen LogP contribution in [0.3, 0.4) is 0 Å². The van der Waals surface area contributed by atoms with E-state index in [1.54, 1.807) is 6.92 Å². The van der Waals surface area contributed by atoms with Crippen LogP contribution in [0.15, 0.2) is 0 Å². The second kappa shape index (κ2) is 7.35. The number of hydrogen-bond acceptors (Lipinski definition) is 8. The van der Waals surface area contributed by atoms with Crippen molar-refractivity contribution in [1.29, 1.82) is 5.26 Å². The number of nitrogens with zero attached hydrogens (tertiary/aromatic N) is 4. The molecule has 0 aromatic carbocycles. The summed E-state index contributed by atoms with van der Waals surface area (Å²) in [6.45, 7) is 4.65. The Kier molecular flexibility index (Phi) is 5.47. The Balaban J connectivity index is 2.58. The summed E-state index contributed by atoms with van der Waals surface area (Å²) in [6, 6.07) is 2.04. The molecule has 2 rings (SSSR count). The molecule has 2 heterocycles. The fourth-order valence-corrected chi connectivity index (χ4v) is 3.27. The van der Waals surface area contributed by atoms with E-state index < -0.39 is 0 Å². The lowest BCUT2D eigenvalue weighted by Gasteiger charge is -2.11. The fraction of sp³-hybridized carbons (Fsp3) is 0.467. The molecule has 2 aromatic heterocycles. The first-order valence-electron chi connectivity index (χ1n) is 7.20. The monoisotopic (exact) mass is 333 g/mol. The standard InChI is InChI=1S/C15H19N5O2S/c1-5-22-15(21)12-9(2)11-13(17-7-6-16)18-10(8-20(3)4)19-14(11)23-12/h5,7-8H2,1-4H3,(H,17,18,19). The van der Waals surface area contributed by atoms with E-state index in [0.29, 0.717) is 29.7 Å². The largest absolute Gasteiger partial charge is 0.462 e. The van der Waals surface area contributed by atoms with Gasteiger partial charge in [0.05, 0.1) is 24.6 Å². The third-order valence-electron chi connectivity index (χ3n) is 3.09. The van der Waals surface area contributed by atoms with Gasteiger partial charge in [-0.05, 0) is 33.5 Å². The van der Waals surface area contributed by atoms with Gasteiger partial charge in [0.1, 0.15) is 27.9 Å². The van der Waals surface area contributed by atoms with Crippen LogP contribution in [0.2, 0.25) is 0 Å². The van der Waals surface area contributed by atoms with Crippen molar-refractivity contribution in [1.82, 2.24) is 14.9 Å². The highest BCUT2D eigenvalue weighted by Crippen LogP contribution is 2.34. The topological polar surface area (TPSA) is 91.1 Å². The average Bonchev–Trinajstić information content (AvgIpc) is 2.81. The average molecular weight is 333 g/mol. The van der Waals surface area contributed by atoms with E-state index in [0.717, 1.165) is 15.8 Å². The number of nitriles is 1. The summed E-state index contributed by atoms with van der Waals surface area (Å²) in [6.07, 6.45) is 0. The summed E-state index contributed by atoms with van der Waals surface area (Å²) in [4.78, 5) is 24.3. The molecule has 0 amide bonds. The SMILES string of the molecule is CCOC(=O)c1sc2nc(CN(C)C)nc(NCC#N)c2c1C. The molecule has 122 valence electrons. The molecule has 0 fully saturated rings. The second-order valence-electron chi connectivity index (χ2n) is 5.19. The number of nitrogens with one attached hydrogen (secondary N) is 1. The number of rotatable bonds is 6. The van der Waals surface area contributed by atoms with E-state index >= 15 is 0 Å². The number of thiophene rings is 1. The third-order valence-corrected chi connectivity index (χ3v) is 4.26. The van der Waals surface area contributed by atoms with Gasteiger partial charge in [-0.1, -0.05) is 0 Å². The maximum absolute atomic E-state index is 12.1. The Hall–Kier alpha value is -2.24. The Morgan fingerprint density at radius 3 is 2.78 bits per heavy atom. The Morgan fingerprint density at radius 1 is 1.43 bits per heavy atom. The number of ether oxygens (including phenoxy) is 1. The number of anilines is 1. The molecule has 0 bridgehead atoms. The molecule has 0 aliphatic heterocycles. The summed E-state index contributed by atoms with van der Waals surface area (Å²) >= 11 is 1.29. The zero-order valence-corrected chi connectivity index (χ0v) is 14.5. The lowest BCUT2D eigenvalue weighted by molar-refractivity contribution is 0.0531. The first-order chi connectivity index (χ1) is 11.0. The van der Waals surface area contributed by atoms with E-state index in [-0.39, 0.29) is 12.5 Å². The minimum Gasteiger partial charge on any atom is -0.462 e. The van der Waals surface area contributed by atoms with Crippen LogP contribution in [-0.4, -0.2) is 48.1 Å². The number of carbonyl (C=O) groups is 1. The molecule has 7 nitrogen and oxygen atoms in total. The van der Waals surface area contributed by atoms with E-state index in [1.165, 1.54) is 11.3 Å². The zero-order valence-electron chi connectivity index (χ0n) is 13.6. The molecule has 2 aromatic rings. The molecule has 0 radical (unpaired) electrons. The molecule has 0 atom stereocenters. The van der Waals surface area contributed by atoms with Gasteiger partial charge in [-0.15, -0.1) is 11.3 Å². The highest BCUT2D eigenvalue weighted by Gasteiger charge is 2.21. The Bertz CT molecular complexity index is 763. The maximum Gasteiger partial charge on any atom is 0.348 e. The first kappa shape index (κ1) is 17.1. The van der Waals surface area contributed by atoms with Crippen molar-refractivity contribution in [2.45, 2.75) is 20.4 Å². The molecular formula is C15H19N5O2S. The van der Waals surface area contributed by atoms with Gasteiger partial charge in [-0.25, -0.2) is 14.8 Å². The van der Waals surface area contributed by atoms with Crippen molar-refractivity contribution < 1.29 is 9.53 Å². The smallest absolute Gasteiger partial charge is 0.348 e. The first-order valence-corrected chi connectivity index (χ1v) is 8.02. The fourth-order valence-electron chi connectivity index (χ4n) is 2.18. The summed E-state index contributed by atoms with van der Waals surface area (Å²) in [5, 5.41) is 12.6.